The normalized spacial score (nSPS) is 23.6. The summed E-state index contributed by atoms with van der Waals surface area (Å²) >= 11 is 0. The van der Waals surface area contributed by atoms with Crippen LogP contribution in [0, 0.1) is 0 Å². The van der Waals surface area contributed by atoms with E-state index in [1.165, 1.54) is 0 Å². The summed E-state index contributed by atoms with van der Waals surface area (Å²) in [4.78, 5) is 13.5. The number of hydrogen-bond acceptors (Lipinski definition) is 4. The molecule has 4 nitrogen and oxygen atoms in total. The smallest absolute Gasteiger partial charge is 0.159 e. The second-order valence-electron chi connectivity index (χ2n) is 5.45. The first kappa shape index (κ1) is 15.0. The predicted molar refractivity (Wildman–Crippen MR) is 78.4 cm³/mol. The number of benzene rings is 1. The van der Waals surface area contributed by atoms with E-state index in [1.54, 1.807) is 19.1 Å². The van der Waals surface area contributed by atoms with Gasteiger partial charge < -0.3 is 9.47 Å². The molecule has 0 bridgehead atoms. The Bertz CT molecular complexity index is 434. The van der Waals surface area contributed by atoms with Crippen molar-refractivity contribution in [1.82, 2.24) is 4.90 Å². The molecule has 0 amide bonds. The van der Waals surface area contributed by atoms with Crippen molar-refractivity contribution >= 4 is 5.78 Å². The van der Waals surface area contributed by atoms with Crippen molar-refractivity contribution in [2.24, 2.45) is 0 Å². The Labute approximate surface area is 120 Å². The number of hydrogen-bond donors (Lipinski definition) is 0. The average Bonchev–Trinajstić information content (AvgIpc) is 2.38. The van der Waals surface area contributed by atoms with Crippen molar-refractivity contribution < 1.29 is 14.3 Å². The van der Waals surface area contributed by atoms with Crippen LogP contribution in [0.2, 0.25) is 0 Å². The number of ketones is 1. The first-order valence-corrected chi connectivity index (χ1v) is 7.16. The van der Waals surface area contributed by atoms with E-state index in [4.69, 9.17) is 9.47 Å². The fourth-order valence-electron chi connectivity index (χ4n) is 2.55. The highest BCUT2D eigenvalue weighted by Gasteiger charge is 2.21. The van der Waals surface area contributed by atoms with Gasteiger partial charge in [0.15, 0.2) is 5.78 Å². The Morgan fingerprint density at radius 2 is 1.85 bits per heavy atom. The molecule has 1 aliphatic heterocycles. The van der Waals surface area contributed by atoms with Crippen LogP contribution >= 0.6 is 0 Å². The van der Waals surface area contributed by atoms with Crippen LogP contribution in [-0.2, 0) is 4.74 Å². The van der Waals surface area contributed by atoms with Gasteiger partial charge in [0.1, 0.15) is 12.4 Å². The van der Waals surface area contributed by atoms with Gasteiger partial charge in [-0.25, -0.2) is 0 Å². The van der Waals surface area contributed by atoms with Gasteiger partial charge in [-0.1, -0.05) is 0 Å². The Balaban J connectivity index is 1.76. The molecule has 1 heterocycles. The summed E-state index contributed by atoms with van der Waals surface area (Å²) in [6.45, 7) is 9.23. The third kappa shape index (κ3) is 4.32. The fourth-order valence-corrected chi connectivity index (χ4v) is 2.55. The van der Waals surface area contributed by atoms with Crippen LogP contribution in [0.25, 0.3) is 0 Å². The maximum atomic E-state index is 11.2. The van der Waals surface area contributed by atoms with Crippen molar-refractivity contribution in [2.75, 3.05) is 26.2 Å². The number of morpholine rings is 1. The van der Waals surface area contributed by atoms with Gasteiger partial charge in [0.25, 0.3) is 0 Å². The predicted octanol–water partition coefficient (Wildman–Crippen LogP) is 2.38. The molecule has 1 aliphatic rings. The minimum absolute atomic E-state index is 0.0767. The highest BCUT2D eigenvalue weighted by molar-refractivity contribution is 5.94. The first-order valence-electron chi connectivity index (χ1n) is 7.16. The van der Waals surface area contributed by atoms with E-state index in [1.807, 2.05) is 12.1 Å². The van der Waals surface area contributed by atoms with Crippen LogP contribution < -0.4 is 4.74 Å². The first-order chi connectivity index (χ1) is 9.54. The standard InChI is InChI=1S/C16H23NO3/c1-12-10-17(11-13(2)20-12)8-9-19-16-6-4-15(5-7-16)14(3)18/h4-7,12-13H,8-11H2,1-3H3/t12-,13-/m1/s1. The maximum absolute atomic E-state index is 11.2. The molecule has 1 aromatic rings. The summed E-state index contributed by atoms with van der Waals surface area (Å²) in [6.07, 6.45) is 0.571. The lowest BCUT2D eigenvalue weighted by Crippen LogP contribution is -2.46. The van der Waals surface area contributed by atoms with E-state index in [0.29, 0.717) is 12.2 Å². The van der Waals surface area contributed by atoms with E-state index in [0.717, 1.165) is 25.4 Å². The van der Waals surface area contributed by atoms with Gasteiger partial charge in [0.2, 0.25) is 0 Å². The molecule has 2 atom stereocenters. The molecule has 2 rings (SSSR count). The highest BCUT2D eigenvalue weighted by Crippen LogP contribution is 2.14. The zero-order chi connectivity index (χ0) is 14.5. The van der Waals surface area contributed by atoms with Gasteiger partial charge in [0, 0.05) is 25.2 Å². The molecule has 0 spiro atoms. The lowest BCUT2D eigenvalue weighted by Gasteiger charge is -2.35. The van der Waals surface area contributed by atoms with Gasteiger partial charge in [0.05, 0.1) is 12.2 Å². The van der Waals surface area contributed by atoms with E-state index in [2.05, 4.69) is 18.7 Å². The quantitative estimate of drug-likeness (QED) is 0.775. The van der Waals surface area contributed by atoms with Crippen molar-refractivity contribution in [3.63, 3.8) is 0 Å². The van der Waals surface area contributed by atoms with Gasteiger partial charge >= 0.3 is 0 Å². The zero-order valence-corrected chi connectivity index (χ0v) is 12.5. The molecular formula is C16H23NO3. The molecule has 0 aliphatic carbocycles. The van der Waals surface area contributed by atoms with E-state index in [-0.39, 0.29) is 18.0 Å². The Morgan fingerprint density at radius 1 is 1.25 bits per heavy atom. The van der Waals surface area contributed by atoms with Crippen LogP contribution in [0.5, 0.6) is 5.75 Å². The third-order valence-corrected chi connectivity index (χ3v) is 3.43. The molecule has 0 saturated carbocycles. The number of carbonyl (C=O) groups is 1. The molecule has 0 aromatic heterocycles. The number of nitrogens with zero attached hydrogens (tertiary/aromatic N) is 1. The molecule has 0 unspecified atom stereocenters. The monoisotopic (exact) mass is 277 g/mol. The van der Waals surface area contributed by atoms with E-state index in [9.17, 15) is 4.79 Å². The zero-order valence-electron chi connectivity index (χ0n) is 12.5. The molecule has 1 fully saturated rings. The second-order valence-corrected chi connectivity index (χ2v) is 5.45. The Kier molecular flexibility index (Phi) is 5.15. The minimum atomic E-state index is 0.0767. The number of rotatable bonds is 5. The van der Waals surface area contributed by atoms with Crippen molar-refractivity contribution in [3.05, 3.63) is 29.8 Å². The average molecular weight is 277 g/mol. The largest absolute Gasteiger partial charge is 0.492 e. The minimum Gasteiger partial charge on any atom is -0.492 e. The Morgan fingerprint density at radius 3 is 2.40 bits per heavy atom. The van der Waals surface area contributed by atoms with E-state index >= 15 is 0 Å². The van der Waals surface area contributed by atoms with Crippen LogP contribution in [0.15, 0.2) is 24.3 Å². The second kappa shape index (κ2) is 6.86. The highest BCUT2D eigenvalue weighted by atomic mass is 16.5. The summed E-state index contributed by atoms with van der Waals surface area (Å²) in [7, 11) is 0. The van der Waals surface area contributed by atoms with Crippen molar-refractivity contribution in [1.29, 1.82) is 0 Å². The molecule has 4 heteroatoms. The summed E-state index contributed by atoms with van der Waals surface area (Å²) in [5, 5.41) is 0. The van der Waals surface area contributed by atoms with Crippen LogP contribution in [0.3, 0.4) is 0 Å². The molecule has 0 radical (unpaired) electrons. The van der Waals surface area contributed by atoms with Crippen LogP contribution in [0.4, 0.5) is 0 Å². The molecule has 110 valence electrons. The summed E-state index contributed by atoms with van der Waals surface area (Å²) < 4.78 is 11.4. The summed E-state index contributed by atoms with van der Waals surface area (Å²) in [6, 6.07) is 7.30. The molecule has 1 aromatic carbocycles. The molecule has 1 saturated heterocycles. The molecule has 20 heavy (non-hydrogen) atoms. The maximum Gasteiger partial charge on any atom is 0.159 e. The van der Waals surface area contributed by atoms with Gasteiger partial charge in [-0.3, -0.25) is 9.69 Å². The Hall–Kier alpha value is -1.39. The van der Waals surface area contributed by atoms with Gasteiger partial charge in [-0.15, -0.1) is 0 Å². The van der Waals surface area contributed by atoms with Gasteiger partial charge in [-0.05, 0) is 45.0 Å². The van der Waals surface area contributed by atoms with Gasteiger partial charge in [-0.2, -0.15) is 0 Å². The lowest BCUT2D eigenvalue weighted by atomic mass is 10.1. The fraction of sp³-hybridized carbons (Fsp3) is 0.562. The SMILES string of the molecule is CC(=O)c1ccc(OCCN2C[C@@H](C)O[C@H](C)C2)cc1. The molecule has 0 N–H and O–H groups in total. The molecular weight excluding hydrogens is 254 g/mol. The van der Waals surface area contributed by atoms with Crippen LogP contribution in [-0.4, -0.2) is 49.1 Å². The number of ether oxygens (including phenoxy) is 2. The van der Waals surface area contributed by atoms with Crippen molar-refractivity contribution in [2.45, 2.75) is 33.0 Å². The number of carbonyl (C=O) groups excluding carboxylic acids is 1. The third-order valence-electron chi connectivity index (χ3n) is 3.43. The van der Waals surface area contributed by atoms with Crippen LogP contribution in [0.1, 0.15) is 31.1 Å². The summed E-state index contributed by atoms with van der Waals surface area (Å²) in [5.74, 6) is 0.886. The summed E-state index contributed by atoms with van der Waals surface area (Å²) in [5.41, 5.74) is 0.716. The van der Waals surface area contributed by atoms with E-state index < -0.39 is 0 Å². The topological polar surface area (TPSA) is 38.8 Å². The lowest BCUT2D eigenvalue weighted by molar-refractivity contribution is -0.0699. The van der Waals surface area contributed by atoms with Crippen molar-refractivity contribution in [3.8, 4) is 5.75 Å². The number of Topliss-reactive ketones (excluding diaryl/α,β-unsaturated/α-hetero) is 1.